The molecule has 0 radical (unpaired) electrons. The van der Waals surface area contributed by atoms with E-state index in [1.165, 1.54) is 6.07 Å². The van der Waals surface area contributed by atoms with E-state index >= 15 is 0 Å². The monoisotopic (exact) mass is 156 g/mol. The molecule has 0 atom stereocenters. The van der Waals surface area contributed by atoms with Crippen LogP contribution >= 0.6 is 0 Å². The summed E-state index contributed by atoms with van der Waals surface area (Å²) in [7, 11) is -1.71. The van der Waals surface area contributed by atoms with Crippen molar-refractivity contribution in [3.63, 3.8) is 0 Å². The maximum atomic E-state index is 12.4. The van der Waals surface area contributed by atoms with Gasteiger partial charge in [0.05, 0.1) is 0 Å². The summed E-state index contributed by atoms with van der Waals surface area (Å²) in [6.07, 6.45) is 0. The molecule has 1 aromatic rings. The smallest absolute Gasteiger partial charge is 0.423 e. The first-order chi connectivity index (χ1) is 5.09. The Hall–Kier alpha value is -1.14. The summed E-state index contributed by atoms with van der Waals surface area (Å²) in [5, 5.41) is 17.2. The molecule has 4 N–H and O–H groups in total. The van der Waals surface area contributed by atoms with Crippen LogP contribution in [-0.2, 0) is 0 Å². The summed E-state index contributed by atoms with van der Waals surface area (Å²) < 4.78 is 12.4. The first-order valence-corrected chi connectivity index (χ1v) is 2.88. The second-order valence-corrected chi connectivity index (χ2v) is 2.02. The lowest BCUT2D eigenvalue weighted by Gasteiger charge is -1.99. The van der Waals surface area contributed by atoms with Crippen LogP contribution in [0.15, 0.2) is 12.1 Å². The van der Waals surface area contributed by atoms with Crippen LogP contribution in [0.1, 0.15) is 0 Å². The fourth-order valence-corrected chi connectivity index (χ4v) is 0.687. The summed E-state index contributed by atoms with van der Waals surface area (Å²) in [6, 6.07) is 2.09. The largest absolute Gasteiger partial charge is 0.488 e. The molecule has 0 unspecified atom stereocenters. The van der Waals surface area contributed by atoms with Gasteiger partial charge in [0.2, 0.25) is 5.95 Å². The van der Waals surface area contributed by atoms with Crippen molar-refractivity contribution >= 4 is 18.4 Å². The molecule has 58 valence electrons. The number of hydrogen-bond acceptors (Lipinski definition) is 4. The van der Waals surface area contributed by atoms with Gasteiger partial charge >= 0.3 is 7.12 Å². The highest BCUT2D eigenvalue weighted by Crippen LogP contribution is 1.96. The van der Waals surface area contributed by atoms with Crippen molar-refractivity contribution in [1.29, 1.82) is 0 Å². The van der Waals surface area contributed by atoms with E-state index in [4.69, 9.17) is 15.8 Å². The van der Waals surface area contributed by atoms with Crippen LogP contribution in [0.4, 0.5) is 10.2 Å². The van der Waals surface area contributed by atoms with Crippen LogP contribution in [0.25, 0.3) is 0 Å². The Bertz CT molecular complexity index is 248. The average Bonchev–Trinajstić information content (AvgIpc) is 1.85. The first-order valence-electron chi connectivity index (χ1n) is 2.88. The number of rotatable bonds is 1. The van der Waals surface area contributed by atoms with E-state index in [0.717, 1.165) is 6.07 Å². The number of halogens is 1. The minimum absolute atomic E-state index is 0.00463. The van der Waals surface area contributed by atoms with Crippen LogP contribution in [0.2, 0.25) is 0 Å². The molecule has 0 aliphatic carbocycles. The van der Waals surface area contributed by atoms with Crippen LogP contribution in [0.5, 0.6) is 0 Å². The summed E-state index contributed by atoms with van der Waals surface area (Å²) in [5.74, 6) is -0.902. The normalized spacial score (nSPS) is 9.73. The molecule has 0 aromatic carbocycles. The van der Waals surface area contributed by atoms with Crippen LogP contribution in [0, 0.1) is 5.95 Å². The summed E-state index contributed by atoms with van der Waals surface area (Å²) >= 11 is 0. The first kappa shape index (κ1) is 7.97. The van der Waals surface area contributed by atoms with Crippen molar-refractivity contribution in [2.75, 3.05) is 5.73 Å². The minimum Gasteiger partial charge on any atom is -0.423 e. The zero-order valence-electron chi connectivity index (χ0n) is 5.53. The van der Waals surface area contributed by atoms with Crippen molar-refractivity contribution in [1.82, 2.24) is 4.98 Å². The summed E-state index contributed by atoms with van der Waals surface area (Å²) in [5.41, 5.74) is 5.12. The number of nitrogen functional groups attached to an aromatic ring is 1. The van der Waals surface area contributed by atoms with Gasteiger partial charge in [-0.1, -0.05) is 0 Å². The molecule has 0 saturated heterocycles. The summed E-state index contributed by atoms with van der Waals surface area (Å²) in [6.45, 7) is 0. The molecule has 1 aromatic heterocycles. The lowest BCUT2D eigenvalue weighted by atomic mass is 9.81. The van der Waals surface area contributed by atoms with Gasteiger partial charge in [0.15, 0.2) is 0 Å². The third-order valence-corrected chi connectivity index (χ3v) is 1.13. The van der Waals surface area contributed by atoms with Gasteiger partial charge in [0.1, 0.15) is 5.82 Å². The quantitative estimate of drug-likeness (QED) is 0.340. The molecule has 6 heteroatoms. The Morgan fingerprint density at radius 2 is 2.09 bits per heavy atom. The Morgan fingerprint density at radius 3 is 2.55 bits per heavy atom. The Morgan fingerprint density at radius 1 is 1.45 bits per heavy atom. The predicted octanol–water partition coefficient (Wildman–Crippen LogP) is -1.52. The number of nitrogens with zero attached hydrogens (tertiary/aromatic N) is 1. The predicted molar refractivity (Wildman–Crippen MR) is 38.4 cm³/mol. The van der Waals surface area contributed by atoms with Crippen LogP contribution < -0.4 is 11.2 Å². The third kappa shape index (κ3) is 1.89. The molecule has 11 heavy (non-hydrogen) atoms. The van der Waals surface area contributed by atoms with Gasteiger partial charge in [-0.2, -0.15) is 4.39 Å². The van der Waals surface area contributed by atoms with Crippen molar-refractivity contribution in [3.8, 4) is 0 Å². The zero-order chi connectivity index (χ0) is 8.43. The molecule has 0 fully saturated rings. The lowest BCUT2D eigenvalue weighted by Crippen LogP contribution is -2.30. The van der Waals surface area contributed by atoms with Crippen LogP contribution in [-0.4, -0.2) is 22.2 Å². The number of nitrogens with two attached hydrogens (primary N) is 1. The molecule has 0 aliphatic heterocycles. The number of pyridine rings is 1. The molecule has 0 spiro atoms. The molecule has 0 bridgehead atoms. The van der Waals surface area contributed by atoms with Gasteiger partial charge in [0, 0.05) is 0 Å². The van der Waals surface area contributed by atoms with E-state index in [1.54, 1.807) is 0 Å². The maximum absolute atomic E-state index is 12.4. The highest BCUT2D eigenvalue weighted by atomic mass is 19.1. The Labute approximate surface area is 62.6 Å². The van der Waals surface area contributed by atoms with E-state index in [9.17, 15) is 4.39 Å². The summed E-state index contributed by atoms with van der Waals surface area (Å²) in [4.78, 5) is 3.21. The second-order valence-electron chi connectivity index (χ2n) is 2.02. The molecular weight excluding hydrogens is 150 g/mol. The van der Waals surface area contributed by atoms with E-state index < -0.39 is 13.1 Å². The van der Waals surface area contributed by atoms with Gasteiger partial charge in [-0.25, -0.2) is 4.98 Å². The standard InChI is InChI=1S/C5H6BFN2O2/c7-4-1-3(6(10)11)2-5(8)9-4/h1-2,10-11H,(H2,8,9). The Balaban J connectivity index is 3.08. The molecule has 1 rings (SSSR count). The molecule has 0 saturated carbocycles. The van der Waals surface area contributed by atoms with Crippen molar-refractivity contribution in [2.24, 2.45) is 0 Å². The van der Waals surface area contributed by atoms with E-state index in [2.05, 4.69) is 4.98 Å². The fraction of sp³-hybridized carbons (Fsp3) is 0. The third-order valence-electron chi connectivity index (χ3n) is 1.13. The van der Waals surface area contributed by atoms with Gasteiger partial charge in [-0.3, -0.25) is 0 Å². The van der Waals surface area contributed by atoms with E-state index in [-0.39, 0.29) is 11.3 Å². The molecule has 0 amide bonds. The number of aromatic nitrogens is 1. The highest BCUT2D eigenvalue weighted by molar-refractivity contribution is 6.58. The molecule has 4 nitrogen and oxygen atoms in total. The average molecular weight is 156 g/mol. The molecule has 0 aliphatic rings. The van der Waals surface area contributed by atoms with E-state index in [1.807, 2.05) is 0 Å². The van der Waals surface area contributed by atoms with Gasteiger partial charge in [-0.15, -0.1) is 0 Å². The van der Waals surface area contributed by atoms with Gasteiger partial charge in [0.25, 0.3) is 0 Å². The maximum Gasteiger partial charge on any atom is 0.488 e. The topological polar surface area (TPSA) is 79.4 Å². The second kappa shape index (κ2) is 2.85. The van der Waals surface area contributed by atoms with E-state index in [0.29, 0.717) is 0 Å². The molecule has 1 heterocycles. The molecular formula is C5H6BFN2O2. The lowest BCUT2D eigenvalue weighted by molar-refractivity contribution is 0.425. The highest BCUT2D eigenvalue weighted by Gasteiger charge is 2.12. The number of anilines is 1. The van der Waals surface area contributed by atoms with Crippen molar-refractivity contribution in [2.45, 2.75) is 0 Å². The van der Waals surface area contributed by atoms with Crippen molar-refractivity contribution in [3.05, 3.63) is 18.1 Å². The SMILES string of the molecule is Nc1cc(B(O)O)cc(F)n1. The zero-order valence-corrected chi connectivity index (χ0v) is 5.53. The van der Waals surface area contributed by atoms with Crippen molar-refractivity contribution < 1.29 is 14.4 Å². The van der Waals surface area contributed by atoms with Gasteiger partial charge < -0.3 is 15.8 Å². The minimum atomic E-state index is -1.71. The Kier molecular flexibility index (Phi) is 2.07. The van der Waals surface area contributed by atoms with Crippen LogP contribution in [0.3, 0.4) is 0 Å². The van der Waals surface area contributed by atoms with Gasteiger partial charge in [-0.05, 0) is 17.6 Å². The number of hydrogen-bond donors (Lipinski definition) is 3. The fourth-order valence-electron chi connectivity index (χ4n) is 0.687.